The Kier molecular flexibility index (Phi) is 5.24. The number of aromatic nitrogens is 2. The second-order valence-corrected chi connectivity index (χ2v) is 7.59. The van der Waals surface area contributed by atoms with Crippen LogP contribution in [0.15, 0.2) is 49.1 Å². The molecule has 1 aromatic heterocycles. The van der Waals surface area contributed by atoms with Crippen LogP contribution < -0.4 is 10.6 Å². The van der Waals surface area contributed by atoms with Gasteiger partial charge >= 0.3 is 0 Å². The zero-order chi connectivity index (χ0) is 20.3. The number of hydrogen-bond acceptors (Lipinski definition) is 5. The van der Waals surface area contributed by atoms with Crippen molar-refractivity contribution < 1.29 is 14.4 Å². The van der Waals surface area contributed by atoms with E-state index in [-0.39, 0.29) is 36.7 Å². The molecule has 2 aliphatic heterocycles. The van der Waals surface area contributed by atoms with Gasteiger partial charge in [-0.1, -0.05) is 30.3 Å². The van der Waals surface area contributed by atoms with Crippen molar-refractivity contribution in [1.82, 2.24) is 25.5 Å². The van der Waals surface area contributed by atoms with E-state index in [1.54, 1.807) is 4.90 Å². The van der Waals surface area contributed by atoms with E-state index in [1.807, 2.05) is 30.3 Å². The minimum absolute atomic E-state index is 0.0438. The molecule has 8 heteroatoms. The third-order valence-corrected chi connectivity index (χ3v) is 5.80. The summed E-state index contributed by atoms with van der Waals surface area (Å²) >= 11 is 0. The molecule has 0 unspecified atom stereocenters. The van der Waals surface area contributed by atoms with Crippen LogP contribution in [0.4, 0.5) is 0 Å². The van der Waals surface area contributed by atoms with Crippen LogP contribution in [-0.2, 0) is 16.1 Å². The van der Waals surface area contributed by atoms with Crippen molar-refractivity contribution in [2.24, 2.45) is 5.41 Å². The number of amides is 3. The average Bonchev–Trinajstić information content (AvgIpc) is 2.78. The van der Waals surface area contributed by atoms with Gasteiger partial charge in [-0.05, 0) is 18.4 Å². The lowest BCUT2D eigenvalue weighted by atomic mass is 9.69. The van der Waals surface area contributed by atoms with Crippen molar-refractivity contribution in [2.45, 2.75) is 31.8 Å². The largest absolute Gasteiger partial charge is 0.352 e. The molecule has 2 aromatic rings. The van der Waals surface area contributed by atoms with E-state index in [4.69, 9.17) is 0 Å². The van der Waals surface area contributed by atoms with Gasteiger partial charge in [-0.3, -0.25) is 14.4 Å². The van der Waals surface area contributed by atoms with E-state index in [0.717, 1.165) is 5.56 Å². The number of carbonyl (C=O) groups is 3. The van der Waals surface area contributed by atoms with Crippen molar-refractivity contribution in [3.05, 3.63) is 60.2 Å². The van der Waals surface area contributed by atoms with Gasteiger partial charge in [0, 0.05) is 44.5 Å². The van der Waals surface area contributed by atoms with Gasteiger partial charge in [0.1, 0.15) is 6.33 Å². The Hall–Kier alpha value is -3.29. The van der Waals surface area contributed by atoms with E-state index in [1.165, 1.54) is 18.7 Å². The molecule has 0 radical (unpaired) electrons. The summed E-state index contributed by atoms with van der Waals surface area (Å²) in [5, 5.41) is 5.99. The molecule has 2 fully saturated rings. The highest BCUT2D eigenvalue weighted by molar-refractivity contribution is 5.95. The van der Waals surface area contributed by atoms with E-state index in [9.17, 15) is 14.4 Å². The first kappa shape index (κ1) is 19.0. The van der Waals surface area contributed by atoms with E-state index in [0.29, 0.717) is 31.5 Å². The SMILES string of the molecule is O=C1CC[C@]2(C(=O)NCc3ccccc3)CN(C(=O)c3cncnc3)CC[C@H]2N1. The van der Waals surface area contributed by atoms with Crippen LogP contribution in [0.2, 0.25) is 0 Å². The van der Waals surface area contributed by atoms with Crippen molar-refractivity contribution >= 4 is 17.7 Å². The zero-order valence-corrected chi connectivity index (χ0v) is 16.0. The summed E-state index contributed by atoms with van der Waals surface area (Å²) in [5.41, 5.74) is 0.552. The van der Waals surface area contributed by atoms with Crippen LogP contribution in [0.1, 0.15) is 35.2 Å². The molecule has 0 spiro atoms. The van der Waals surface area contributed by atoms with Gasteiger partial charge in [-0.2, -0.15) is 0 Å². The number of hydrogen-bond donors (Lipinski definition) is 2. The number of likely N-dealkylation sites (tertiary alicyclic amines) is 1. The molecule has 3 heterocycles. The predicted octanol–water partition coefficient (Wildman–Crippen LogP) is 0.904. The minimum Gasteiger partial charge on any atom is -0.352 e. The standard InChI is InChI=1S/C21H23N5O3/c27-18-6-8-21(20(29)24-10-15-4-2-1-3-5-15)13-26(9-7-17(21)25-18)19(28)16-11-22-14-23-12-16/h1-5,11-12,14,17H,6-10,13H2,(H,24,29)(H,25,27)/t17-,21+/m1/s1. The average molecular weight is 393 g/mol. The van der Waals surface area contributed by atoms with Crippen molar-refractivity contribution in [3.8, 4) is 0 Å². The molecule has 29 heavy (non-hydrogen) atoms. The molecule has 1 aromatic carbocycles. The van der Waals surface area contributed by atoms with Crippen molar-refractivity contribution in [1.29, 1.82) is 0 Å². The third kappa shape index (κ3) is 3.83. The van der Waals surface area contributed by atoms with Gasteiger partial charge in [0.15, 0.2) is 0 Å². The van der Waals surface area contributed by atoms with Gasteiger partial charge in [0.2, 0.25) is 11.8 Å². The summed E-state index contributed by atoms with van der Waals surface area (Å²) in [7, 11) is 0. The first-order valence-corrected chi connectivity index (χ1v) is 9.74. The maximum Gasteiger partial charge on any atom is 0.257 e. The van der Waals surface area contributed by atoms with Gasteiger partial charge in [-0.25, -0.2) is 9.97 Å². The normalized spacial score (nSPS) is 23.7. The molecule has 4 rings (SSSR count). The number of benzene rings is 1. The maximum atomic E-state index is 13.3. The summed E-state index contributed by atoms with van der Waals surface area (Å²) in [4.78, 5) is 47.7. The number of nitrogens with zero attached hydrogens (tertiary/aromatic N) is 3. The van der Waals surface area contributed by atoms with Crippen molar-refractivity contribution in [2.75, 3.05) is 13.1 Å². The number of carbonyl (C=O) groups excluding carboxylic acids is 3. The minimum atomic E-state index is -0.841. The van der Waals surface area contributed by atoms with Gasteiger partial charge in [0.05, 0.1) is 11.0 Å². The van der Waals surface area contributed by atoms with E-state index < -0.39 is 5.41 Å². The molecule has 2 saturated heterocycles. The summed E-state index contributed by atoms with van der Waals surface area (Å²) in [6, 6.07) is 9.39. The molecular weight excluding hydrogens is 370 g/mol. The predicted molar refractivity (Wildman–Crippen MR) is 104 cm³/mol. The first-order valence-electron chi connectivity index (χ1n) is 9.74. The van der Waals surface area contributed by atoms with Crippen LogP contribution in [0.5, 0.6) is 0 Å². The molecule has 3 amide bonds. The Morgan fingerprint density at radius 1 is 1.21 bits per heavy atom. The van der Waals surface area contributed by atoms with Gasteiger partial charge < -0.3 is 15.5 Å². The first-order chi connectivity index (χ1) is 14.1. The highest BCUT2D eigenvalue weighted by atomic mass is 16.2. The number of fused-ring (bicyclic) bond motifs is 1. The summed E-state index contributed by atoms with van der Waals surface area (Å²) in [5.74, 6) is -0.373. The van der Waals surface area contributed by atoms with E-state index in [2.05, 4.69) is 20.6 Å². The number of rotatable bonds is 4. The summed E-state index contributed by atoms with van der Waals surface area (Å²) < 4.78 is 0. The molecule has 0 aliphatic carbocycles. The molecule has 150 valence electrons. The quantitative estimate of drug-likeness (QED) is 0.803. The highest BCUT2D eigenvalue weighted by Crippen LogP contribution is 2.38. The number of nitrogens with one attached hydrogen (secondary N) is 2. The maximum absolute atomic E-state index is 13.3. The fourth-order valence-corrected chi connectivity index (χ4v) is 4.22. The molecule has 2 aliphatic rings. The fraction of sp³-hybridized carbons (Fsp3) is 0.381. The fourth-order valence-electron chi connectivity index (χ4n) is 4.22. The lowest BCUT2D eigenvalue weighted by molar-refractivity contribution is -0.142. The monoisotopic (exact) mass is 393 g/mol. The Bertz CT molecular complexity index is 905. The Morgan fingerprint density at radius 2 is 1.97 bits per heavy atom. The second-order valence-electron chi connectivity index (χ2n) is 7.59. The highest BCUT2D eigenvalue weighted by Gasteiger charge is 2.52. The molecular formula is C21H23N5O3. The number of piperidine rings is 2. The van der Waals surface area contributed by atoms with Crippen LogP contribution in [-0.4, -0.2) is 51.7 Å². The second kappa shape index (κ2) is 7.98. The molecule has 0 bridgehead atoms. The lowest BCUT2D eigenvalue weighted by Crippen LogP contribution is -2.66. The molecule has 0 saturated carbocycles. The van der Waals surface area contributed by atoms with Gasteiger partial charge in [-0.15, -0.1) is 0 Å². The smallest absolute Gasteiger partial charge is 0.257 e. The summed E-state index contributed by atoms with van der Waals surface area (Å²) in [6.07, 6.45) is 5.55. The van der Waals surface area contributed by atoms with Crippen LogP contribution in [0, 0.1) is 5.41 Å². The van der Waals surface area contributed by atoms with Crippen LogP contribution in [0.3, 0.4) is 0 Å². The summed E-state index contributed by atoms with van der Waals surface area (Å²) in [6.45, 7) is 1.13. The Labute approximate surface area is 168 Å². The van der Waals surface area contributed by atoms with E-state index >= 15 is 0 Å². The molecule has 2 atom stereocenters. The molecule has 8 nitrogen and oxygen atoms in total. The Morgan fingerprint density at radius 3 is 2.72 bits per heavy atom. The van der Waals surface area contributed by atoms with Crippen LogP contribution >= 0.6 is 0 Å². The Balaban J connectivity index is 1.54. The van der Waals surface area contributed by atoms with Crippen LogP contribution in [0.25, 0.3) is 0 Å². The van der Waals surface area contributed by atoms with Crippen molar-refractivity contribution in [3.63, 3.8) is 0 Å². The topological polar surface area (TPSA) is 104 Å². The lowest BCUT2D eigenvalue weighted by Gasteiger charge is -2.49. The van der Waals surface area contributed by atoms with Gasteiger partial charge in [0.25, 0.3) is 5.91 Å². The molecule has 2 N–H and O–H groups in total. The zero-order valence-electron chi connectivity index (χ0n) is 16.0. The third-order valence-electron chi connectivity index (χ3n) is 5.80.